The highest BCUT2D eigenvalue weighted by Gasteiger charge is 2.33. The molecule has 5 rings (SSSR count). The van der Waals surface area contributed by atoms with Gasteiger partial charge in [-0.2, -0.15) is 15.4 Å². The summed E-state index contributed by atoms with van der Waals surface area (Å²) in [6.07, 6.45) is -1.11. The second kappa shape index (κ2) is 9.95. The Morgan fingerprint density at radius 3 is 2.67 bits per heavy atom. The zero-order chi connectivity index (χ0) is 25.1. The molecule has 0 aliphatic carbocycles. The van der Waals surface area contributed by atoms with Crippen LogP contribution in [-0.2, 0) is 9.53 Å². The van der Waals surface area contributed by atoms with Crippen LogP contribution in [0.3, 0.4) is 0 Å². The summed E-state index contributed by atoms with van der Waals surface area (Å²) in [5.41, 5.74) is 2.98. The Labute approximate surface area is 205 Å². The van der Waals surface area contributed by atoms with E-state index in [1.54, 1.807) is 54.6 Å². The molecule has 0 spiro atoms. The fraction of sp³-hybridized carbons (Fsp3) is 0.192. The van der Waals surface area contributed by atoms with Crippen molar-refractivity contribution in [1.82, 2.24) is 20.7 Å². The lowest BCUT2D eigenvalue weighted by Gasteiger charge is -2.15. The lowest BCUT2D eigenvalue weighted by atomic mass is 10.0. The number of fused-ring (bicyclic) bond motifs is 1. The van der Waals surface area contributed by atoms with Crippen molar-refractivity contribution in [3.8, 4) is 11.1 Å². The molecule has 0 saturated carbocycles. The minimum absolute atomic E-state index is 0.0308. The maximum absolute atomic E-state index is 15.1. The minimum atomic E-state index is -0.626. The smallest absolute Gasteiger partial charge is 0.414 e. The van der Waals surface area contributed by atoms with E-state index in [-0.39, 0.29) is 37.6 Å². The van der Waals surface area contributed by atoms with E-state index in [0.29, 0.717) is 33.4 Å². The van der Waals surface area contributed by atoms with Gasteiger partial charge in [-0.05, 0) is 24.3 Å². The first-order valence-electron chi connectivity index (χ1n) is 11.4. The summed E-state index contributed by atoms with van der Waals surface area (Å²) in [5, 5.41) is 13.3. The van der Waals surface area contributed by atoms with E-state index in [0.717, 1.165) is 0 Å². The number of carbonyl (C=O) groups is 3. The number of nitrogens with zero attached hydrogens (tertiary/aromatic N) is 3. The zero-order valence-corrected chi connectivity index (χ0v) is 19.1. The van der Waals surface area contributed by atoms with E-state index in [4.69, 9.17) is 4.74 Å². The summed E-state index contributed by atoms with van der Waals surface area (Å²) in [4.78, 5) is 38.1. The number of benzene rings is 3. The van der Waals surface area contributed by atoms with Gasteiger partial charge < -0.3 is 10.1 Å². The van der Waals surface area contributed by atoms with Crippen molar-refractivity contribution in [2.75, 3.05) is 18.0 Å². The van der Waals surface area contributed by atoms with Crippen molar-refractivity contribution in [3.05, 3.63) is 78.1 Å². The lowest BCUT2D eigenvalue weighted by molar-refractivity contribution is -0.121. The van der Waals surface area contributed by atoms with Crippen molar-refractivity contribution < 1.29 is 23.5 Å². The quantitative estimate of drug-likeness (QED) is 0.365. The molecule has 9 nitrogen and oxygen atoms in total. The molecular weight excluding hydrogens is 465 g/mol. The zero-order valence-electron chi connectivity index (χ0n) is 19.1. The van der Waals surface area contributed by atoms with Crippen molar-refractivity contribution in [2.24, 2.45) is 0 Å². The number of amides is 2. The van der Waals surface area contributed by atoms with E-state index in [2.05, 4.69) is 20.7 Å². The number of ketones is 1. The largest absolute Gasteiger partial charge is 0.442 e. The number of Topliss-reactive ketones (excluding diaryl/α,β-unsaturated/α-hetero) is 1. The lowest BCUT2D eigenvalue weighted by Crippen LogP contribution is -2.34. The van der Waals surface area contributed by atoms with Crippen LogP contribution in [0.2, 0.25) is 0 Å². The van der Waals surface area contributed by atoms with Gasteiger partial charge in [0.15, 0.2) is 5.78 Å². The Balaban J connectivity index is 1.18. The number of nitrogens with one attached hydrogen (secondary N) is 2. The normalized spacial score (nSPS) is 15.2. The maximum Gasteiger partial charge on any atom is 0.414 e. The van der Waals surface area contributed by atoms with Crippen LogP contribution in [0.1, 0.15) is 23.2 Å². The number of anilines is 1. The number of carbonyl (C=O) groups excluding carboxylic acids is 3. The second-order valence-corrected chi connectivity index (χ2v) is 8.37. The Morgan fingerprint density at radius 1 is 1.03 bits per heavy atom. The minimum Gasteiger partial charge on any atom is -0.442 e. The van der Waals surface area contributed by atoms with E-state index in [9.17, 15) is 14.4 Å². The van der Waals surface area contributed by atoms with Gasteiger partial charge in [0.25, 0.3) is 0 Å². The average molecular weight is 487 g/mol. The van der Waals surface area contributed by atoms with Crippen LogP contribution in [0.25, 0.3) is 22.2 Å². The first kappa shape index (κ1) is 23.2. The molecule has 1 aliphatic rings. The Kier molecular flexibility index (Phi) is 6.40. The molecule has 182 valence electrons. The van der Waals surface area contributed by atoms with Crippen LogP contribution in [-0.4, -0.2) is 52.4 Å². The molecular formula is C26H22FN5O4. The van der Waals surface area contributed by atoms with Crippen molar-refractivity contribution in [1.29, 1.82) is 0 Å². The van der Waals surface area contributed by atoms with Gasteiger partial charge in [0, 0.05) is 29.5 Å². The number of hydrogen-bond acceptors (Lipinski definition) is 6. The highest BCUT2D eigenvalue weighted by molar-refractivity contribution is 5.98. The molecule has 1 atom stereocenters. The highest BCUT2D eigenvalue weighted by atomic mass is 19.1. The molecule has 1 fully saturated rings. The predicted octanol–water partition coefficient (Wildman–Crippen LogP) is 3.87. The van der Waals surface area contributed by atoms with Gasteiger partial charge in [-0.3, -0.25) is 14.5 Å². The van der Waals surface area contributed by atoms with Gasteiger partial charge in [0.05, 0.1) is 18.8 Å². The number of halogens is 1. The molecule has 2 heterocycles. The third kappa shape index (κ3) is 4.78. The predicted molar refractivity (Wildman–Crippen MR) is 130 cm³/mol. The summed E-state index contributed by atoms with van der Waals surface area (Å²) in [6, 6.07) is 18.5. The maximum atomic E-state index is 15.1. The van der Waals surface area contributed by atoms with Gasteiger partial charge >= 0.3 is 6.09 Å². The number of hydrogen-bond donors (Lipinski definition) is 2. The molecule has 1 saturated heterocycles. The summed E-state index contributed by atoms with van der Waals surface area (Å²) < 4.78 is 20.4. The molecule has 0 unspecified atom stereocenters. The SMILES string of the molecule is O=C(CCC(=O)c1ccccc1)NC[C@H]1CN(c2ccc(-c3cccc4n[nH]nc34)c(F)c2)C(=O)O1. The van der Waals surface area contributed by atoms with Gasteiger partial charge in [0.1, 0.15) is 23.0 Å². The van der Waals surface area contributed by atoms with Gasteiger partial charge in [-0.15, -0.1) is 0 Å². The monoisotopic (exact) mass is 487 g/mol. The summed E-state index contributed by atoms with van der Waals surface area (Å²) >= 11 is 0. The molecule has 36 heavy (non-hydrogen) atoms. The first-order valence-corrected chi connectivity index (χ1v) is 11.4. The number of para-hydroxylation sites is 1. The Bertz CT molecular complexity index is 1440. The third-order valence-corrected chi connectivity index (χ3v) is 5.98. The number of rotatable bonds is 8. The molecule has 0 bridgehead atoms. The average Bonchev–Trinajstić information content (AvgIpc) is 3.53. The van der Waals surface area contributed by atoms with E-state index in [1.165, 1.54) is 11.0 Å². The molecule has 0 radical (unpaired) electrons. The van der Waals surface area contributed by atoms with Gasteiger partial charge in [0.2, 0.25) is 5.91 Å². The van der Waals surface area contributed by atoms with Crippen LogP contribution < -0.4 is 10.2 Å². The topological polar surface area (TPSA) is 117 Å². The fourth-order valence-electron chi connectivity index (χ4n) is 4.13. The Hall–Kier alpha value is -4.60. The summed E-state index contributed by atoms with van der Waals surface area (Å²) in [7, 11) is 0. The van der Waals surface area contributed by atoms with Gasteiger partial charge in [-0.25, -0.2) is 9.18 Å². The molecule has 2 N–H and O–H groups in total. The van der Waals surface area contributed by atoms with Crippen LogP contribution in [0, 0.1) is 5.82 Å². The summed E-state index contributed by atoms with van der Waals surface area (Å²) in [6.45, 7) is 0.245. The highest BCUT2D eigenvalue weighted by Crippen LogP contribution is 2.32. The van der Waals surface area contributed by atoms with Crippen molar-refractivity contribution in [3.63, 3.8) is 0 Å². The molecule has 1 aliphatic heterocycles. The van der Waals surface area contributed by atoms with Gasteiger partial charge in [-0.1, -0.05) is 42.5 Å². The van der Waals surface area contributed by atoms with Crippen molar-refractivity contribution in [2.45, 2.75) is 18.9 Å². The van der Waals surface area contributed by atoms with Crippen LogP contribution in [0.4, 0.5) is 14.9 Å². The number of aromatic amines is 1. The molecule has 4 aromatic rings. The second-order valence-electron chi connectivity index (χ2n) is 8.37. The fourth-order valence-corrected chi connectivity index (χ4v) is 4.13. The standard InChI is InChI=1S/C26H22FN5O4/c27-21-13-17(9-10-19(21)20-7-4-8-22-25(20)30-31-29-22)32-15-18(36-26(32)35)14-28-24(34)12-11-23(33)16-5-2-1-3-6-16/h1-10,13,18H,11-12,14-15H2,(H,28,34)(H,29,30,31)/t18-/m0/s1. The number of ether oxygens (including phenoxy) is 1. The number of aromatic nitrogens is 3. The van der Waals surface area contributed by atoms with Crippen LogP contribution >= 0.6 is 0 Å². The third-order valence-electron chi connectivity index (χ3n) is 5.98. The first-order chi connectivity index (χ1) is 17.5. The molecule has 3 aromatic carbocycles. The summed E-state index contributed by atoms with van der Waals surface area (Å²) in [5.74, 6) is -0.948. The van der Waals surface area contributed by atoms with Crippen LogP contribution in [0.15, 0.2) is 66.7 Å². The Morgan fingerprint density at radius 2 is 1.86 bits per heavy atom. The number of cyclic esters (lactones) is 1. The van der Waals surface area contributed by atoms with E-state index in [1.807, 2.05) is 6.07 Å². The molecule has 2 amide bonds. The number of H-pyrrole nitrogens is 1. The van der Waals surface area contributed by atoms with Crippen LogP contribution in [0.5, 0.6) is 0 Å². The van der Waals surface area contributed by atoms with Crippen molar-refractivity contribution >= 4 is 34.5 Å². The van der Waals surface area contributed by atoms with E-state index >= 15 is 4.39 Å². The molecule has 1 aromatic heterocycles. The van der Waals surface area contributed by atoms with E-state index < -0.39 is 18.0 Å². The molecule has 10 heteroatoms.